The molecule has 3 nitrogen and oxygen atoms in total. The van der Waals surface area contributed by atoms with Crippen LogP contribution in [0.2, 0.25) is 0 Å². The zero-order valence-corrected chi connectivity index (χ0v) is 12.3. The van der Waals surface area contributed by atoms with E-state index in [2.05, 4.69) is 21.2 Å². The molecule has 0 saturated carbocycles. The summed E-state index contributed by atoms with van der Waals surface area (Å²) >= 11 is 5.14. The minimum absolute atomic E-state index is 0.344. The summed E-state index contributed by atoms with van der Waals surface area (Å²) in [6.45, 7) is 2.04. The maximum Gasteiger partial charge on any atom is 0.0758 e. The molecule has 0 aliphatic heterocycles. The Morgan fingerprint density at radius 2 is 2.24 bits per heavy atom. The number of ether oxygens (including phenoxy) is 1. The molecule has 0 heterocycles. The highest BCUT2D eigenvalue weighted by atomic mass is 79.9. The van der Waals surface area contributed by atoms with Crippen molar-refractivity contribution in [2.45, 2.75) is 11.0 Å². The highest BCUT2D eigenvalue weighted by molar-refractivity contribution is 9.10. The van der Waals surface area contributed by atoms with Crippen LogP contribution in [0.15, 0.2) is 33.6 Å². The van der Waals surface area contributed by atoms with Crippen LogP contribution in [0.3, 0.4) is 0 Å². The second-order valence-electron chi connectivity index (χ2n) is 3.59. The SMILES string of the molecule is COCCNCC(O)CSc1ccccc1Br. The predicted molar refractivity (Wildman–Crippen MR) is 75.6 cm³/mol. The van der Waals surface area contributed by atoms with E-state index in [1.54, 1.807) is 18.9 Å². The van der Waals surface area contributed by atoms with Gasteiger partial charge in [-0.1, -0.05) is 12.1 Å². The van der Waals surface area contributed by atoms with E-state index < -0.39 is 0 Å². The normalized spacial score (nSPS) is 12.6. The smallest absolute Gasteiger partial charge is 0.0758 e. The van der Waals surface area contributed by atoms with Crippen molar-refractivity contribution in [3.63, 3.8) is 0 Å². The lowest BCUT2D eigenvalue weighted by atomic mass is 10.4. The molecule has 5 heteroatoms. The van der Waals surface area contributed by atoms with Gasteiger partial charge >= 0.3 is 0 Å². The van der Waals surface area contributed by atoms with E-state index in [9.17, 15) is 5.11 Å². The third-order valence-corrected chi connectivity index (χ3v) is 4.30. The molecule has 96 valence electrons. The van der Waals surface area contributed by atoms with Crippen molar-refractivity contribution in [2.24, 2.45) is 0 Å². The van der Waals surface area contributed by atoms with Crippen molar-refractivity contribution in [1.29, 1.82) is 0 Å². The number of thioether (sulfide) groups is 1. The van der Waals surface area contributed by atoms with Crippen molar-refractivity contribution in [3.8, 4) is 0 Å². The van der Waals surface area contributed by atoms with Crippen molar-refractivity contribution in [3.05, 3.63) is 28.7 Å². The fourth-order valence-electron chi connectivity index (χ4n) is 1.25. The van der Waals surface area contributed by atoms with E-state index in [1.165, 1.54) is 0 Å². The van der Waals surface area contributed by atoms with Crippen molar-refractivity contribution in [2.75, 3.05) is 32.6 Å². The summed E-state index contributed by atoms with van der Waals surface area (Å²) in [5.74, 6) is 0.683. The van der Waals surface area contributed by atoms with Crippen molar-refractivity contribution in [1.82, 2.24) is 5.32 Å². The van der Waals surface area contributed by atoms with Crippen molar-refractivity contribution < 1.29 is 9.84 Å². The third-order valence-electron chi connectivity index (χ3n) is 2.13. The van der Waals surface area contributed by atoms with E-state index in [4.69, 9.17) is 4.74 Å². The molecule has 2 N–H and O–H groups in total. The molecule has 0 bridgehead atoms. The summed E-state index contributed by atoms with van der Waals surface area (Å²) in [7, 11) is 1.67. The van der Waals surface area contributed by atoms with Gasteiger partial charge in [0.2, 0.25) is 0 Å². The zero-order chi connectivity index (χ0) is 12.5. The Bertz CT molecular complexity index is 325. The van der Waals surface area contributed by atoms with Crippen LogP contribution in [0, 0.1) is 0 Å². The molecular formula is C12H18BrNO2S. The first-order valence-electron chi connectivity index (χ1n) is 5.49. The number of hydrogen-bond donors (Lipinski definition) is 2. The average Bonchev–Trinajstić information content (AvgIpc) is 2.34. The van der Waals surface area contributed by atoms with Crippen molar-refractivity contribution >= 4 is 27.7 Å². The molecule has 0 saturated heterocycles. The van der Waals surface area contributed by atoms with Crippen LogP contribution in [-0.2, 0) is 4.74 Å². The Balaban J connectivity index is 2.19. The van der Waals surface area contributed by atoms with E-state index in [1.807, 2.05) is 24.3 Å². The van der Waals surface area contributed by atoms with E-state index in [-0.39, 0.29) is 6.10 Å². The lowest BCUT2D eigenvalue weighted by Crippen LogP contribution is -2.30. The topological polar surface area (TPSA) is 41.5 Å². The molecule has 0 aromatic heterocycles. The number of nitrogens with one attached hydrogen (secondary N) is 1. The van der Waals surface area contributed by atoms with Gasteiger partial charge in [-0.25, -0.2) is 0 Å². The molecule has 1 aromatic rings. The average molecular weight is 320 g/mol. The predicted octanol–water partition coefficient (Wildman–Crippen LogP) is 2.14. The molecule has 1 rings (SSSR count). The summed E-state index contributed by atoms with van der Waals surface area (Å²) in [6, 6.07) is 8.03. The van der Waals surface area contributed by atoms with E-state index in [0.29, 0.717) is 18.9 Å². The van der Waals surface area contributed by atoms with Crippen LogP contribution in [-0.4, -0.2) is 43.8 Å². The maximum absolute atomic E-state index is 9.76. The Labute approximate surface area is 115 Å². The summed E-state index contributed by atoms with van der Waals surface area (Å²) in [5, 5.41) is 12.9. The molecule has 0 fully saturated rings. The first kappa shape index (κ1) is 15.0. The summed E-state index contributed by atoms with van der Waals surface area (Å²) in [6.07, 6.45) is -0.344. The zero-order valence-electron chi connectivity index (χ0n) is 9.86. The monoisotopic (exact) mass is 319 g/mol. The minimum Gasteiger partial charge on any atom is -0.391 e. The Morgan fingerprint density at radius 1 is 1.47 bits per heavy atom. The van der Waals surface area contributed by atoms with Crippen LogP contribution in [0.5, 0.6) is 0 Å². The second kappa shape index (κ2) is 8.94. The van der Waals surface area contributed by atoms with Crippen LogP contribution >= 0.6 is 27.7 Å². The number of methoxy groups -OCH3 is 1. The number of benzene rings is 1. The third kappa shape index (κ3) is 6.43. The number of aliphatic hydroxyl groups is 1. The standard InChI is InChI=1S/C12H18BrNO2S/c1-16-7-6-14-8-10(15)9-17-12-5-3-2-4-11(12)13/h2-5,10,14-15H,6-9H2,1H3. The fourth-order valence-corrected chi connectivity index (χ4v) is 2.75. The first-order valence-corrected chi connectivity index (χ1v) is 7.27. The molecular weight excluding hydrogens is 302 g/mol. The molecule has 0 aliphatic carbocycles. The first-order chi connectivity index (χ1) is 8.24. The minimum atomic E-state index is -0.344. The summed E-state index contributed by atoms with van der Waals surface area (Å²) in [4.78, 5) is 1.16. The molecule has 0 radical (unpaired) electrons. The molecule has 17 heavy (non-hydrogen) atoms. The van der Waals surface area contributed by atoms with Crippen LogP contribution in [0.1, 0.15) is 0 Å². The van der Waals surface area contributed by atoms with Gasteiger partial charge in [-0.05, 0) is 28.1 Å². The number of rotatable bonds is 8. The Kier molecular flexibility index (Phi) is 7.88. The van der Waals surface area contributed by atoms with Gasteiger partial charge in [-0.15, -0.1) is 11.8 Å². The highest BCUT2D eigenvalue weighted by Crippen LogP contribution is 2.27. The van der Waals surface area contributed by atoms with E-state index >= 15 is 0 Å². The lowest BCUT2D eigenvalue weighted by Gasteiger charge is -2.11. The van der Waals surface area contributed by atoms with Gasteiger partial charge in [0.25, 0.3) is 0 Å². The molecule has 0 spiro atoms. The Hall–Kier alpha value is -0.0700. The summed E-state index contributed by atoms with van der Waals surface area (Å²) < 4.78 is 5.99. The number of halogens is 1. The molecule has 0 amide bonds. The van der Waals surface area contributed by atoms with Gasteiger partial charge in [0.15, 0.2) is 0 Å². The maximum atomic E-state index is 9.76. The molecule has 0 aliphatic rings. The molecule has 1 atom stereocenters. The fraction of sp³-hybridized carbons (Fsp3) is 0.500. The highest BCUT2D eigenvalue weighted by Gasteiger charge is 2.06. The summed E-state index contributed by atoms with van der Waals surface area (Å²) in [5.41, 5.74) is 0. The van der Waals surface area contributed by atoms with Gasteiger partial charge in [0.1, 0.15) is 0 Å². The lowest BCUT2D eigenvalue weighted by molar-refractivity contribution is 0.175. The number of aliphatic hydroxyl groups excluding tert-OH is 1. The van der Waals surface area contributed by atoms with Crippen LogP contribution in [0.4, 0.5) is 0 Å². The van der Waals surface area contributed by atoms with Gasteiger partial charge in [-0.2, -0.15) is 0 Å². The van der Waals surface area contributed by atoms with Gasteiger partial charge < -0.3 is 15.2 Å². The second-order valence-corrected chi connectivity index (χ2v) is 5.51. The van der Waals surface area contributed by atoms with Gasteiger partial charge in [0, 0.05) is 35.3 Å². The van der Waals surface area contributed by atoms with Gasteiger partial charge in [0.05, 0.1) is 12.7 Å². The Morgan fingerprint density at radius 3 is 2.94 bits per heavy atom. The molecule has 1 aromatic carbocycles. The van der Waals surface area contributed by atoms with E-state index in [0.717, 1.165) is 15.9 Å². The van der Waals surface area contributed by atoms with Crippen LogP contribution < -0.4 is 5.32 Å². The molecule has 1 unspecified atom stereocenters. The van der Waals surface area contributed by atoms with Crippen LogP contribution in [0.25, 0.3) is 0 Å². The van der Waals surface area contributed by atoms with Gasteiger partial charge in [-0.3, -0.25) is 0 Å². The largest absolute Gasteiger partial charge is 0.391 e. The number of hydrogen-bond acceptors (Lipinski definition) is 4. The quantitative estimate of drug-likeness (QED) is 0.569.